The van der Waals surface area contributed by atoms with Crippen LogP contribution >= 0.6 is 0 Å². The van der Waals surface area contributed by atoms with Gasteiger partial charge in [0.2, 0.25) is 0 Å². The molecule has 0 amide bonds. The fourth-order valence-corrected chi connectivity index (χ4v) is 1.84. The van der Waals surface area contributed by atoms with Crippen LogP contribution in [0.15, 0.2) is 0 Å². The fourth-order valence-electron chi connectivity index (χ4n) is 1.84. The van der Waals surface area contributed by atoms with Gasteiger partial charge in [-0.3, -0.25) is 9.69 Å². The number of likely N-dealkylation sites (tertiary alicyclic amines) is 1. The Balaban J connectivity index is 2.53. The van der Waals surface area contributed by atoms with E-state index in [2.05, 4.69) is 11.8 Å². The Bertz CT molecular complexity index is 170. The van der Waals surface area contributed by atoms with Gasteiger partial charge in [0, 0.05) is 6.04 Å². The largest absolute Gasteiger partial charge is 0.480 e. The summed E-state index contributed by atoms with van der Waals surface area (Å²) in [6.07, 6.45) is 3.52. The number of carboxylic acids is 1. The van der Waals surface area contributed by atoms with Crippen LogP contribution in [0.2, 0.25) is 0 Å². The molecule has 1 fully saturated rings. The summed E-state index contributed by atoms with van der Waals surface area (Å²) < 4.78 is 0. The van der Waals surface area contributed by atoms with Gasteiger partial charge < -0.3 is 5.11 Å². The van der Waals surface area contributed by atoms with Gasteiger partial charge >= 0.3 is 5.97 Å². The molecule has 1 N–H and O–H groups in total. The first-order chi connectivity index (χ1) is 5.63. The van der Waals surface area contributed by atoms with Gasteiger partial charge in [0.25, 0.3) is 0 Å². The summed E-state index contributed by atoms with van der Waals surface area (Å²) in [6.45, 7) is 4.82. The molecule has 0 radical (unpaired) electrons. The number of piperidine rings is 1. The van der Waals surface area contributed by atoms with Crippen molar-refractivity contribution in [2.45, 2.75) is 45.2 Å². The molecule has 0 aromatic carbocycles. The van der Waals surface area contributed by atoms with Gasteiger partial charge in [0.1, 0.15) is 6.04 Å². The normalized spacial score (nSPS) is 28.3. The molecule has 3 nitrogen and oxygen atoms in total. The van der Waals surface area contributed by atoms with Gasteiger partial charge in [-0.2, -0.15) is 0 Å². The van der Waals surface area contributed by atoms with Gasteiger partial charge in [0.05, 0.1) is 0 Å². The molecule has 1 rings (SSSR count). The predicted octanol–water partition coefficient (Wildman–Crippen LogP) is 1.33. The van der Waals surface area contributed by atoms with E-state index >= 15 is 0 Å². The monoisotopic (exact) mass is 171 g/mol. The third-order valence-electron chi connectivity index (χ3n) is 2.71. The molecule has 0 spiro atoms. The minimum absolute atomic E-state index is 0.319. The average molecular weight is 171 g/mol. The van der Waals surface area contributed by atoms with E-state index < -0.39 is 5.97 Å². The highest BCUT2D eigenvalue weighted by Crippen LogP contribution is 2.18. The second kappa shape index (κ2) is 3.90. The molecule has 2 atom stereocenters. The number of aliphatic carboxylic acids is 1. The van der Waals surface area contributed by atoms with E-state index in [4.69, 9.17) is 5.11 Å². The van der Waals surface area contributed by atoms with E-state index in [9.17, 15) is 4.79 Å². The molecule has 1 aliphatic heterocycles. The molecule has 1 aliphatic rings. The molecule has 1 saturated heterocycles. The molecule has 0 aromatic heterocycles. The van der Waals surface area contributed by atoms with Crippen LogP contribution < -0.4 is 0 Å². The van der Waals surface area contributed by atoms with Crippen LogP contribution in [-0.4, -0.2) is 34.6 Å². The highest BCUT2D eigenvalue weighted by atomic mass is 16.4. The van der Waals surface area contributed by atoms with Gasteiger partial charge in [-0.05, 0) is 33.2 Å². The second-order valence-corrected chi connectivity index (χ2v) is 3.60. The number of carboxylic acid groups (broad SMARTS) is 1. The number of rotatable bonds is 2. The highest BCUT2D eigenvalue weighted by molar-refractivity contribution is 5.72. The van der Waals surface area contributed by atoms with Crippen LogP contribution in [0.1, 0.15) is 33.1 Å². The summed E-state index contributed by atoms with van der Waals surface area (Å²) in [6, 6.07) is 0.116. The van der Waals surface area contributed by atoms with Gasteiger partial charge in [-0.15, -0.1) is 0 Å². The lowest BCUT2D eigenvalue weighted by Crippen LogP contribution is -2.47. The number of nitrogens with zero attached hydrogens (tertiary/aromatic N) is 1. The zero-order chi connectivity index (χ0) is 9.14. The zero-order valence-corrected chi connectivity index (χ0v) is 7.79. The Kier molecular flexibility index (Phi) is 3.09. The summed E-state index contributed by atoms with van der Waals surface area (Å²) in [7, 11) is 0. The van der Waals surface area contributed by atoms with Crippen molar-refractivity contribution in [1.82, 2.24) is 4.90 Å². The highest BCUT2D eigenvalue weighted by Gasteiger charge is 2.26. The van der Waals surface area contributed by atoms with Crippen molar-refractivity contribution in [3.05, 3.63) is 0 Å². The molecule has 3 heteroatoms. The average Bonchev–Trinajstić information content (AvgIpc) is 2.04. The second-order valence-electron chi connectivity index (χ2n) is 3.60. The van der Waals surface area contributed by atoms with Crippen molar-refractivity contribution in [3.8, 4) is 0 Å². The van der Waals surface area contributed by atoms with Crippen LogP contribution in [0.25, 0.3) is 0 Å². The van der Waals surface area contributed by atoms with E-state index in [1.165, 1.54) is 6.42 Å². The first-order valence-electron chi connectivity index (χ1n) is 4.61. The lowest BCUT2D eigenvalue weighted by molar-refractivity contribution is -0.144. The first kappa shape index (κ1) is 9.52. The molecule has 12 heavy (non-hydrogen) atoms. The smallest absolute Gasteiger partial charge is 0.320 e. The topological polar surface area (TPSA) is 40.5 Å². The maximum atomic E-state index is 10.7. The van der Waals surface area contributed by atoms with Crippen molar-refractivity contribution >= 4 is 5.97 Å². The molecule has 0 aromatic rings. The zero-order valence-electron chi connectivity index (χ0n) is 7.79. The summed E-state index contributed by atoms with van der Waals surface area (Å²) in [5, 5.41) is 8.81. The molecule has 0 bridgehead atoms. The third kappa shape index (κ3) is 1.97. The SMILES string of the molecule is C[C@@H]1CCCCN1[C@@H](C)C(=O)O. The van der Waals surface area contributed by atoms with Gasteiger partial charge in [0.15, 0.2) is 0 Å². The van der Waals surface area contributed by atoms with Gasteiger partial charge in [-0.1, -0.05) is 6.42 Å². The summed E-state index contributed by atoms with van der Waals surface area (Å²) >= 11 is 0. The summed E-state index contributed by atoms with van der Waals surface area (Å²) in [5.74, 6) is -0.705. The Morgan fingerprint density at radius 3 is 2.75 bits per heavy atom. The molecule has 1 heterocycles. The van der Waals surface area contributed by atoms with Crippen LogP contribution in [-0.2, 0) is 4.79 Å². The van der Waals surface area contributed by atoms with E-state index in [-0.39, 0.29) is 6.04 Å². The minimum atomic E-state index is -0.705. The molecule has 0 saturated carbocycles. The van der Waals surface area contributed by atoms with Crippen molar-refractivity contribution < 1.29 is 9.90 Å². The molecular formula is C9H17NO2. The minimum Gasteiger partial charge on any atom is -0.480 e. The van der Waals surface area contributed by atoms with E-state index in [0.717, 1.165) is 19.4 Å². The van der Waals surface area contributed by atoms with Crippen molar-refractivity contribution in [2.24, 2.45) is 0 Å². The van der Waals surface area contributed by atoms with E-state index in [0.29, 0.717) is 6.04 Å². The fraction of sp³-hybridized carbons (Fsp3) is 0.889. The first-order valence-corrected chi connectivity index (χ1v) is 4.61. The predicted molar refractivity (Wildman–Crippen MR) is 47.1 cm³/mol. The van der Waals surface area contributed by atoms with Crippen LogP contribution in [0.3, 0.4) is 0 Å². The lowest BCUT2D eigenvalue weighted by Gasteiger charge is -2.35. The van der Waals surface area contributed by atoms with Crippen molar-refractivity contribution in [2.75, 3.05) is 6.54 Å². The summed E-state index contributed by atoms with van der Waals surface area (Å²) in [5.41, 5.74) is 0. The van der Waals surface area contributed by atoms with Gasteiger partial charge in [-0.25, -0.2) is 0 Å². The van der Waals surface area contributed by atoms with Crippen LogP contribution in [0.5, 0.6) is 0 Å². The van der Waals surface area contributed by atoms with Crippen molar-refractivity contribution in [1.29, 1.82) is 0 Å². The molecule has 0 unspecified atom stereocenters. The molecule has 0 aliphatic carbocycles. The maximum Gasteiger partial charge on any atom is 0.320 e. The number of hydrogen-bond acceptors (Lipinski definition) is 2. The quantitative estimate of drug-likeness (QED) is 0.681. The van der Waals surface area contributed by atoms with E-state index in [1.807, 2.05) is 0 Å². The standard InChI is InChI=1S/C9H17NO2/c1-7-5-3-4-6-10(7)8(2)9(11)12/h7-8H,3-6H2,1-2H3,(H,11,12)/t7-,8+/m1/s1. The van der Waals surface area contributed by atoms with Crippen molar-refractivity contribution in [3.63, 3.8) is 0 Å². The number of carbonyl (C=O) groups is 1. The summed E-state index contributed by atoms with van der Waals surface area (Å²) in [4.78, 5) is 12.8. The lowest BCUT2D eigenvalue weighted by atomic mass is 10.0. The Morgan fingerprint density at radius 2 is 2.25 bits per heavy atom. The molecular weight excluding hydrogens is 154 g/mol. The van der Waals surface area contributed by atoms with Crippen LogP contribution in [0, 0.1) is 0 Å². The van der Waals surface area contributed by atoms with E-state index in [1.54, 1.807) is 6.92 Å². The Hall–Kier alpha value is -0.570. The van der Waals surface area contributed by atoms with Crippen LogP contribution in [0.4, 0.5) is 0 Å². The molecule has 70 valence electrons. The third-order valence-corrected chi connectivity index (χ3v) is 2.71. The maximum absolute atomic E-state index is 10.7. The Labute approximate surface area is 73.4 Å². The Morgan fingerprint density at radius 1 is 1.58 bits per heavy atom. The number of hydrogen-bond donors (Lipinski definition) is 1.